The highest BCUT2D eigenvalue weighted by Crippen LogP contribution is 2.31. The molecule has 1 aromatic heterocycles. The maximum atomic E-state index is 13.5. The van der Waals surface area contributed by atoms with E-state index in [9.17, 15) is 4.79 Å². The molecule has 0 unspecified atom stereocenters. The minimum Gasteiger partial charge on any atom is -0.345 e. The van der Waals surface area contributed by atoms with Crippen LogP contribution in [0, 0.1) is 13.8 Å². The molecule has 1 aliphatic rings. The number of fused-ring (bicyclic) bond motifs is 2. The third-order valence-corrected chi connectivity index (χ3v) is 6.44. The lowest BCUT2D eigenvalue weighted by molar-refractivity contribution is 0.0934. The van der Waals surface area contributed by atoms with Gasteiger partial charge in [-0.1, -0.05) is 54.6 Å². The highest BCUT2D eigenvalue weighted by molar-refractivity contribution is 6.07. The smallest absolute Gasteiger partial charge is 0.252 e. The minimum atomic E-state index is -0.0367. The van der Waals surface area contributed by atoms with Crippen molar-refractivity contribution in [2.45, 2.75) is 39.2 Å². The molecule has 5 rings (SSSR count). The third kappa shape index (κ3) is 3.72. The monoisotopic (exact) mass is 406 g/mol. The quantitative estimate of drug-likeness (QED) is 0.432. The highest BCUT2D eigenvalue weighted by atomic mass is 16.1. The molecule has 1 heterocycles. The zero-order valence-electron chi connectivity index (χ0n) is 18.0. The van der Waals surface area contributed by atoms with Crippen LogP contribution in [0.4, 0.5) is 0 Å². The number of amides is 1. The van der Waals surface area contributed by atoms with Crippen LogP contribution in [-0.2, 0) is 6.42 Å². The molecular weight excluding hydrogens is 380 g/mol. The average Bonchev–Trinajstić information content (AvgIpc) is 2.80. The number of benzene rings is 3. The molecule has 3 aromatic carbocycles. The number of hydrogen-bond acceptors (Lipinski definition) is 2. The fourth-order valence-corrected chi connectivity index (χ4v) is 4.55. The lowest BCUT2D eigenvalue weighted by Gasteiger charge is -2.26. The zero-order chi connectivity index (χ0) is 21.4. The second kappa shape index (κ2) is 7.99. The van der Waals surface area contributed by atoms with Gasteiger partial charge >= 0.3 is 0 Å². The summed E-state index contributed by atoms with van der Waals surface area (Å²) in [5, 5.41) is 4.20. The van der Waals surface area contributed by atoms with Crippen LogP contribution in [0.25, 0.3) is 22.2 Å². The number of para-hydroxylation sites is 1. The van der Waals surface area contributed by atoms with Gasteiger partial charge in [0, 0.05) is 10.9 Å². The summed E-state index contributed by atoms with van der Waals surface area (Å²) in [7, 11) is 0. The Balaban J connectivity index is 1.56. The Bertz CT molecular complexity index is 1290. The molecule has 0 saturated heterocycles. The molecule has 0 aliphatic heterocycles. The predicted octanol–water partition coefficient (Wildman–Crippen LogP) is 6.33. The van der Waals surface area contributed by atoms with Gasteiger partial charge in [0.1, 0.15) is 0 Å². The van der Waals surface area contributed by atoms with Crippen LogP contribution in [0.1, 0.15) is 51.5 Å². The van der Waals surface area contributed by atoms with Crippen molar-refractivity contribution < 1.29 is 4.79 Å². The van der Waals surface area contributed by atoms with Gasteiger partial charge in [0.15, 0.2) is 0 Å². The second-order valence-corrected chi connectivity index (χ2v) is 8.49. The number of nitrogens with one attached hydrogen (secondary N) is 1. The molecule has 3 heteroatoms. The van der Waals surface area contributed by atoms with E-state index in [0.717, 1.165) is 41.4 Å². The summed E-state index contributed by atoms with van der Waals surface area (Å²) >= 11 is 0. The summed E-state index contributed by atoms with van der Waals surface area (Å²) in [6.07, 6.45) is 3.14. The van der Waals surface area contributed by atoms with E-state index in [0.29, 0.717) is 5.56 Å². The summed E-state index contributed by atoms with van der Waals surface area (Å²) in [4.78, 5) is 18.4. The molecule has 0 spiro atoms. The zero-order valence-corrected chi connectivity index (χ0v) is 18.0. The van der Waals surface area contributed by atoms with Gasteiger partial charge in [-0.25, -0.2) is 4.98 Å². The Morgan fingerprint density at radius 1 is 0.935 bits per heavy atom. The van der Waals surface area contributed by atoms with Crippen molar-refractivity contribution in [2.24, 2.45) is 0 Å². The SMILES string of the molecule is Cc1ccc(-c2cc(C(=O)N[C@@H]3CCCc4ccccc43)c3ccccc3n2)cc1C. The first kappa shape index (κ1) is 19.5. The molecule has 0 bridgehead atoms. The number of rotatable bonds is 3. The van der Waals surface area contributed by atoms with Crippen LogP contribution in [0.5, 0.6) is 0 Å². The lowest BCUT2D eigenvalue weighted by atomic mass is 9.87. The van der Waals surface area contributed by atoms with Gasteiger partial charge in [-0.05, 0) is 73.6 Å². The standard InChI is InChI=1S/C28H26N2O/c1-18-14-15-21(16-19(18)2)27-17-24(23-11-5-6-12-26(23)29-27)28(31)30-25-13-7-9-20-8-3-4-10-22(20)25/h3-6,8,10-12,14-17,25H,7,9,13H2,1-2H3,(H,30,31)/t25-/m1/s1. The summed E-state index contributed by atoms with van der Waals surface area (Å²) in [5.74, 6) is -0.0367. The molecule has 1 aliphatic carbocycles. The fourth-order valence-electron chi connectivity index (χ4n) is 4.55. The molecule has 154 valence electrons. The van der Waals surface area contributed by atoms with Crippen LogP contribution in [0.3, 0.4) is 0 Å². The van der Waals surface area contributed by atoms with Crippen molar-refractivity contribution in [1.29, 1.82) is 0 Å². The molecular formula is C28H26N2O. The van der Waals surface area contributed by atoms with Gasteiger partial charge in [0.2, 0.25) is 0 Å². The first-order chi connectivity index (χ1) is 15.1. The Labute approximate surface area is 183 Å². The van der Waals surface area contributed by atoms with Gasteiger partial charge in [0.25, 0.3) is 5.91 Å². The molecule has 1 N–H and O–H groups in total. The van der Waals surface area contributed by atoms with Crippen LogP contribution in [0.15, 0.2) is 72.8 Å². The Hall–Kier alpha value is -3.46. The van der Waals surface area contributed by atoms with E-state index in [4.69, 9.17) is 4.98 Å². The molecule has 0 fully saturated rings. The summed E-state index contributed by atoms with van der Waals surface area (Å²) in [6.45, 7) is 4.21. The van der Waals surface area contributed by atoms with E-state index >= 15 is 0 Å². The normalized spacial score (nSPS) is 15.5. The van der Waals surface area contributed by atoms with Crippen molar-refractivity contribution in [2.75, 3.05) is 0 Å². The van der Waals surface area contributed by atoms with Crippen molar-refractivity contribution in [3.8, 4) is 11.3 Å². The molecule has 3 nitrogen and oxygen atoms in total. The van der Waals surface area contributed by atoms with Gasteiger partial charge in [-0.2, -0.15) is 0 Å². The van der Waals surface area contributed by atoms with Gasteiger partial charge in [-0.3, -0.25) is 4.79 Å². The van der Waals surface area contributed by atoms with Crippen LogP contribution < -0.4 is 5.32 Å². The number of aryl methyl sites for hydroxylation is 3. The van der Waals surface area contributed by atoms with Crippen molar-refractivity contribution in [1.82, 2.24) is 10.3 Å². The number of nitrogens with zero attached hydrogens (tertiary/aromatic N) is 1. The number of hydrogen-bond donors (Lipinski definition) is 1. The molecule has 4 aromatic rings. The fraction of sp³-hybridized carbons (Fsp3) is 0.214. The Kier molecular flexibility index (Phi) is 5.03. The maximum absolute atomic E-state index is 13.5. The first-order valence-corrected chi connectivity index (χ1v) is 11.0. The van der Waals surface area contributed by atoms with E-state index in [-0.39, 0.29) is 11.9 Å². The van der Waals surface area contributed by atoms with Crippen molar-refractivity contribution in [3.05, 3.63) is 101 Å². The molecule has 1 atom stereocenters. The molecule has 1 amide bonds. The topological polar surface area (TPSA) is 42.0 Å². The maximum Gasteiger partial charge on any atom is 0.252 e. The lowest BCUT2D eigenvalue weighted by Crippen LogP contribution is -2.31. The van der Waals surface area contributed by atoms with Crippen molar-refractivity contribution >= 4 is 16.8 Å². The van der Waals surface area contributed by atoms with E-state index in [1.54, 1.807) is 0 Å². The van der Waals surface area contributed by atoms with Crippen molar-refractivity contribution in [3.63, 3.8) is 0 Å². The van der Waals surface area contributed by atoms with E-state index in [1.807, 2.05) is 30.3 Å². The third-order valence-electron chi connectivity index (χ3n) is 6.44. The summed E-state index contributed by atoms with van der Waals surface area (Å²) in [6, 6.07) is 24.7. The number of pyridine rings is 1. The van der Waals surface area contributed by atoms with Gasteiger partial charge < -0.3 is 5.32 Å². The molecule has 0 radical (unpaired) electrons. The largest absolute Gasteiger partial charge is 0.345 e. The number of aromatic nitrogens is 1. The Morgan fingerprint density at radius 2 is 1.74 bits per heavy atom. The predicted molar refractivity (Wildman–Crippen MR) is 126 cm³/mol. The second-order valence-electron chi connectivity index (χ2n) is 8.49. The molecule has 31 heavy (non-hydrogen) atoms. The number of carbonyl (C=O) groups excluding carboxylic acids is 1. The van der Waals surface area contributed by atoms with Crippen LogP contribution in [-0.4, -0.2) is 10.9 Å². The highest BCUT2D eigenvalue weighted by Gasteiger charge is 2.23. The number of carbonyl (C=O) groups is 1. The van der Waals surface area contributed by atoms with Crippen LogP contribution in [0.2, 0.25) is 0 Å². The Morgan fingerprint density at radius 3 is 2.61 bits per heavy atom. The minimum absolute atomic E-state index is 0.0367. The van der Waals surface area contributed by atoms with Gasteiger partial charge in [0.05, 0.1) is 22.8 Å². The summed E-state index contributed by atoms with van der Waals surface area (Å²) < 4.78 is 0. The molecule has 0 saturated carbocycles. The summed E-state index contributed by atoms with van der Waals surface area (Å²) in [5.41, 5.74) is 8.44. The van der Waals surface area contributed by atoms with Gasteiger partial charge in [-0.15, -0.1) is 0 Å². The van der Waals surface area contributed by atoms with Crippen LogP contribution >= 0.6 is 0 Å². The van der Waals surface area contributed by atoms with E-state index < -0.39 is 0 Å². The first-order valence-electron chi connectivity index (χ1n) is 11.0. The van der Waals surface area contributed by atoms with E-state index in [1.165, 1.54) is 22.3 Å². The van der Waals surface area contributed by atoms with E-state index in [2.05, 4.69) is 61.6 Å². The average molecular weight is 407 g/mol.